The summed E-state index contributed by atoms with van der Waals surface area (Å²) in [6.45, 7) is 2.30. The van der Waals surface area contributed by atoms with Crippen LogP contribution in [-0.4, -0.2) is 67.0 Å². The Labute approximate surface area is 146 Å². The normalized spacial score (nSPS) is 11.0. The molecule has 25 heavy (non-hydrogen) atoms. The summed E-state index contributed by atoms with van der Waals surface area (Å²) in [7, 11) is 1.57. The van der Waals surface area contributed by atoms with E-state index in [0.717, 1.165) is 0 Å². The summed E-state index contributed by atoms with van der Waals surface area (Å²) in [4.78, 5) is 23.7. The number of hydrogen-bond donors (Lipinski definition) is 2. The minimum atomic E-state index is -1.40. The highest BCUT2D eigenvalue weighted by Gasteiger charge is 2.25. The van der Waals surface area contributed by atoms with Crippen molar-refractivity contribution in [3.05, 3.63) is 30.1 Å². The van der Waals surface area contributed by atoms with Crippen molar-refractivity contribution < 1.29 is 33.7 Å². The maximum Gasteiger partial charge on any atom is 0.317 e. The molecule has 1 aromatic rings. The molecule has 0 aliphatic rings. The second kappa shape index (κ2) is 11.4. The van der Waals surface area contributed by atoms with Crippen LogP contribution in [0.15, 0.2) is 24.3 Å². The van der Waals surface area contributed by atoms with Crippen LogP contribution < -0.4 is 4.74 Å². The van der Waals surface area contributed by atoms with Crippen molar-refractivity contribution in [2.45, 2.75) is 12.8 Å². The average Bonchev–Trinajstić information content (AvgIpc) is 2.56. The number of carbonyl (C=O) groups is 2. The highest BCUT2D eigenvalue weighted by Crippen LogP contribution is 2.15. The smallest absolute Gasteiger partial charge is 0.317 e. The summed E-state index contributed by atoms with van der Waals surface area (Å²) in [5.74, 6) is -4.33. The van der Waals surface area contributed by atoms with Crippen LogP contribution in [0, 0.1) is 11.7 Å². The number of ether oxygens (including phenoxy) is 2. The van der Waals surface area contributed by atoms with Crippen LogP contribution in [0.5, 0.6) is 5.75 Å². The Balaban J connectivity index is 2.43. The molecule has 1 rings (SSSR count). The number of hydrogen-bond acceptors (Lipinski definition) is 5. The average molecular weight is 357 g/mol. The van der Waals surface area contributed by atoms with Crippen molar-refractivity contribution in [2.75, 3.05) is 40.0 Å². The van der Waals surface area contributed by atoms with Gasteiger partial charge in [0.25, 0.3) is 0 Å². The standard InChI is InChI=1S/C17H24FNO6/c1-24-11-9-19(8-4-5-13(16(20)21)17(22)23)10-12-25-15-7-3-2-6-14(15)18/h2-3,6-7,13H,4-5,8-12H2,1H3,(H,20,21)(H,22,23). The summed E-state index contributed by atoms with van der Waals surface area (Å²) < 4.78 is 23.9. The van der Waals surface area contributed by atoms with Crippen molar-refractivity contribution in [3.8, 4) is 5.75 Å². The molecule has 8 heteroatoms. The SMILES string of the molecule is COCCN(CCCC(C(=O)O)C(=O)O)CCOc1ccccc1F. The van der Waals surface area contributed by atoms with Gasteiger partial charge in [0, 0.05) is 20.2 Å². The number of rotatable bonds is 13. The zero-order valence-electron chi connectivity index (χ0n) is 14.2. The van der Waals surface area contributed by atoms with Crippen LogP contribution in [0.2, 0.25) is 0 Å². The fourth-order valence-corrected chi connectivity index (χ4v) is 2.27. The molecule has 2 N–H and O–H groups in total. The summed E-state index contributed by atoms with van der Waals surface area (Å²) in [5, 5.41) is 17.7. The first-order valence-corrected chi connectivity index (χ1v) is 8.00. The van der Waals surface area contributed by atoms with E-state index in [1.807, 2.05) is 4.90 Å². The lowest BCUT2D eigenvalue weighted by Gasteiger charge is -2.22. The van der Waals surface area contributed by atoms with E-state index < -0.39 is 23.7 Å². The van der Waals surface area contributed by atoms with Gasteiger partial charge in [-0.05, 0) is 31.5 Å². The molecule has 0 amide bonds. The van der Waals surface area contributed by atoms with E-state index in [1.165, 1.54) is 6.07 Å². The van der Waals surface area contributed by atoms with E-state index in [-0.39, 0.29) is 18.8 Å². The summed E-state index contributed by atoms with van der Waals surface area (Å²) in [5.41, 5.74) is 0. The first-order valence-electron chi connectivity index (χ1n) is 8.00. The lowest BCUT2D eigenvalue weighted by atomic mass is 10.0. The lowest BCUT2D eigenvalue weighted by molar-refractivity contribution is -0.154. The van der Waals surface area contributed by atoms with Crippen LogP contribution in [0.3, 0.4) is 0 Å². The van der Waals surface area contributed by atoms with Gasteiger partial charge in [-0.25, -0.2) is 4.39 Å². The molecule has 140 valence electrons. The highest BCUT2D eigenvalue weighted by atomic mass is 19.1. The van der Waals surface area contributed by atoms with Crippen LogP contribution in [0.25, 0.3) is 0 Å². The third-order valence-electron chi connectivity index (χ3n) is 3.68. The van der Waals surface area contributed by atoms with Crippen molar-refractivity contribution in [1.82, 2.24) is 4.90 Å². The van der Waals surface area contributed by atoms with Gasteiger partial charge in [-0.2, -0.15) is 0 Å². The van der Waals surface area contributed by atoms with Crippen molar-refractivity contribution in [1.29, 1.82) is 0 Å². The minimum Gasteiger partial charge on any atom is -0.489 e. The maximum atomic E-state index is 13.5. The minimum absolute atomic E-state index is 0.0440. The number of carboxylic acid groups (broad SMARTS) is 2. The molecule has 0 atom stereocenters. The second-order valence-electron chi connectivity index (χ2n) is 5.48. The molecule has 0 aromatic heterocycles. The molecule has 0 aliphatic heterocycles. The van der Waals surface area contributed by atoms with Gasteiger partial charge in [0.1, 0.15) is 6.61 Å². The lowest BCUT2D eigenvalue weighted by Crippen LogP contribution is -2.33. The highest BCUT2D eigenvalue weighted by molar-refractivity contribution is 5.92. The van der Waals surface area contributed by atoms with Gasteiger partial charge in [-0.15, -0.1) is 0 Å². The Hall–Kier alpha value is -2.19. The molecular formula is C17H24FNO6. The van der Waals surface area contributed by atoms with Gasteiger partial charge in [0.05, 0.1) is 6.61 Å². The second-order valence-corrected chi connectivity index (χ2v) is 5.48. The number of nitrogens with zero attached hydrogens (tertiary/aromatic N) is 1. The molecule has 0 radical (unpaired) electrons. The molecule has 0 spiro atoms. The fraction of sp³-hybridized carbons (Fsp3) is 0.529. The Morgan fingerprint density at radius 3 is 2.36 bits per heavy atom. The molecule has 1 aromatic carbocycles. The molecule has 0 unspecified atom stereocenters. The predicted molar refractivity (Wildman–Crippen MR) is 88.2 cm³/mol. The topological polar surface area (TPSA) is 96.3 Å². The third kappa shape index (κ3) is 7.95. The Morgan fingerprint density at radius 2 is 1.76 bits per heavy atom. The Bertz CT molecular complexity index is 540. The van der Waals surface area contributed by atoms with Crippen molar-refractivity contribution in [2.24, 2.45) is 5.92 Å². The number of methoxy groups -OCH3 is 1. The van der Waals surface area contributed by atoms with E-state index in [9.17, 15) is 14.0 Å². The van der Waals surface area contributed by atoms with Gasteiger partial charge in [-0.1, -0.05) is 12.1 Å². The van der Waals surface area contributed by atoms with Crippen LogP contribution in [0.1, 0.15) is 12.8 Å². The zero-order valence-corrected chi connectivity index (χ0v) is 14.2. The first-order chi connectivity index (χ1) is 12.0. The molecule has 0 saturated carbocycles. The molecule has 7 nitrogen and oxygen atoms in total. The maximum absolute atomic E-state index is 13.5. The van der Waals surface area contributed by atoms with Crippen molar-refractivity contribution >= 4 is 11.9 Å². The number of carboxylic acids is 2. The van der Waals surface area contributed by atoms with Gasteiger partial charge in [0.15, 0.2) is 17.5 Å². The number of para-hydroxylation sites is 1. The zero-order chi connectivity index (χ0) is 18.7. The summed E-state index contributed by atoms with van der Waals surface area (Å²) in [6, 6.07) is 6.11. The van der Waals surface area contributed by atoms with E-state index in [0.29, 0.717) is 32.7 Å². The largest absolute Gasteiger partial charge is 0.489 e. The van der Waals surface area contributed by atoms with Gasteiger partial charge in [-0.3, -0.25) is 14.5 Å². The number of aliphatic carboxylic acids is 2. The van der Waals surface area contributed by atoms with Gasteiger partial charge in [0.2, 0.25) is 0 Å². The van der Waals surface area contributed by atoms with Crippen LogP contribution in [-0.2, 0) is 14.3 Å². The summed E-state index contributed by atoms with van der Waals surface area (Å²) in [6.07, 6.45) is 0.453. The van der Waals surface area contributed by atoms with E-state index in [2.05, 4.69) is 0 Å². The number of halogens is 1. The van der Waals surface area contributed by atoms with Gasteiger partial charge < -0.3 is 19.7 Å². The van der Waals surface area contributed by atoms with E-state index in [4.69, 9.17) is 19.7 Å². The van der Waals surface area contributed by atoms with E-state index >= 15 is 0 Å². The quantitative estimate of drug-likeness (QED) is 0.519. The van der Waals surface area contributed by atoms with Gasteiger partial charge >= 0.3 is 11.9 Å². The fourth-order valence-electron chi connectivity index (χ4n) is 2.27. The first kappa shape index (κ1) is 20.9. The predicted octanol–water partition coefficient (Wildman–Crippen LogP) is 1.72. The number of benzene rings is 1. The van der Waals surface area contributed by atoms with Crippen LogP contribution >= 0.6 is 0 Å². The summed E-state index contributed by atoms with van der Waals surface area (Å²) >= 11 is 0. The molecule has 0 heterocycles. The van der Waals surface area contributed by atoms with Crippen LogP contribution in [0.4, 0.5) is 4.39 Å². The molecule has 0 aliphatic carbocycles. The third-order valence-corrected chi connectivity index (χ3v) is 3.68. The Morgan fingerprint density at radius 1 is 1.12 bits per heavy atom. The molecule has 0 saturated heterocycles. The van der Waals surface area contributed by atoms with E-state index in [1.54, 1.807) is 25.3 Å². The molecule has 0 bridgehead atoms. The molecule has 0 fully saturated rings. The molecular weight excluding hydrogens is 333 g/mol. The monoisotopic (exact) mass is 357 g/mol. The Kier molecular flexibility index (Phi) is 9.49. The van der Waals surface area contributed by atoms with Crippen molar-refractivity contribution in [3.63, 3.8) is 0 Å².